The molecule has 0 aliphatic carbocycles. The lowest BCUT2D eigenvalue weighted by molar-refractivity contribution is -0.129. The Morgan fingerprint density at radius 3 is 2.74 bits per heavy atom. The van der Waals surface area contributed by atoms with Gasteiger partial charge in [0.25, 0.3) is 0 Å². The second-order valence-corrected chi connectivity index (χ2v) is 6.15. The fraction of sp³-hybridized carbons (Fsp3) is 0.316. The van der Waals surface area contributed by atoms with E-state index in [-0.39, 0.29) is 11.9 Å². The molecule has 4 heteroatoms. The standard InChI is InChI=1S/C19H20N2O2/c1-23-14-7-8-15-16(11-14)18-19(22)20-9-10-21(18)12-17(15)13-5-3-2-4-6-13/h2-8,11,17-18H,9-10,12H2,1H3,(H,20,22)/t17-,18+/m0/s1. The Bertz CT molecular complexity index is 729. The monoisotopic (exact) mass is 308 g/mol. The van der Waals surface area contributed by atoms with Crippen molar-refractivity contribution in [3.63, 3.8) is 0 Å². The molecule has 2 aliphatic heterocycles. The molecule has 0 radical (unpaired) electrons. The van der Waals surface area contributed by atoms with Gasteiger partial charge in [0.2, 0.25) is 5.91 Å². The van der Waals surface area contributed by atoms with Crippen molar-refractivity contribution in [2.75, 3.05) is 26.7 Å². The molecule has 23 heavy (non-hydrogen) atoms. The van der Waals surface area contributed by atoms with E-state index in [2.05, 4.69) is 40.5 Å². The molecular formula is C19H20N2O2. The third-order valence-corrected chi connectivity index (χ3v) is 4.89. The first-order valence-corrected chi connectivity index (χ1v) is 8.02. The van der Waals surface area contributed by atoms with Crippen LogP contribution in [-0.4, -0.2) is 37.6 Å². The number of fused-ring (bicyclic) bond motifs is 3. The van der Waals surface area contributed by atoms with Crippen molar-refractivity contribution in [3.05, 3.63) is 65.2 Å². The Morgan fingerprint density at radius 1 is 1.13 bits per heavy atom. The van der Waals surface area contributed by atoms with Crippen molar-refractivity contribution in [1.82, 2.24) is 10.2 Å². The maximum atomic E-state index is 12.4. The Balaban J connectivity index is 1.85. The topological polar surface area (TPSA) is 41.6 Å². The minimum absolute atomic E-state index is 0.0947. The van der Waals surface area contributed by atoms with E-state index in [9.17, 15) is 4.79 Å². The molecule has 1 fully saturated rings. The van der Waals surface area contributed by atoms with Crippen molar-refractivity contribution in [3.8, 4) is 5.75 Å². The molecule has 2 aromatic rings. The number of hydrogen-bond acceptors (Lipinski definition) is 3. The van der Waals surface area contributed by atoms with Crippen LogP contribution in [0.15, 0.2) is 48.5 Å². The zero-order chi connectivity index (χ0) is 15.8. The van der Waals surface area contributed by atoms with Crippen LogP contribution < -0.4 is 10.1 Å². The summed E-state index contributed by atoms with van der Waals surface area (Å²) in [7, 11) is 1.66. The van der Waals surface area contributed by atoms with Gasteiger partial charge in [0, 0.05) is 25.6 Å². The van der Waals surface area contributed by atoms with Crippen LogP contribution >= 0.6 is 0 Å². The molecule has 0 unspecified atom stereocenters. The molecule has 0 bridgehead atoms. The highest BCUT2D eigenvalue weighted by Gasteiger charge is 2.39. The van der Waals surface area contributed by atoms with Crippen LogP contribution in [0.1, 0.15) is 28.7 Å². The molecule has 1 amide bonds. The molecule has 118 valence electrons. The van der Waals surface area contributed by atoms with Crippen molar-refractivity contribution in [2.45, 2.75) is 12.0 Å². The summed E-state index contributed by atoms with van der Waals surface area (Å²) in [5.41, 5.74) is 3.60. The van der Waals surface area contributed by atoms with Crippen molar-refractivity contribution < 1.29 is 9.53 Å². The maximum Gasteiger partial charge on any atom is 0.242 e. The highest BCUT2D eigenvalue weighted by atomic mass is 16.5. The van der Waals surface area contributed by atoms with Gasteiger partial charge < -0.3 is 10.1 Å². The molecule has 1 saturated heterocycles. The first kappa shape index (κ1) is 14.3. The average molecular weight is 308 g/mol. The lowest BCUT2D eigenvalue weighted by atomic mass is 9.80. The van der Waals surface area contributed by atoms with Crippen LogP contribution in [0.2, 0.25) is 0 Å². The van der Waals surface area contributed by atoms with Gasteiger partial charge in [-0.25, -0.2) is 0 Å². The van der Waals surface area contributed by atoms with E-state index >= 15 is 0 Å². The fourth-order valence-corrected chi connectivity index (χ4v) is 3.79. The van der Waals surface area contributed by atoms with E-state index < -0.39 is 0 Å². The normalized spacial score (nSPS) is 23.6. The highest BCUT2D eigenvalue weighted by molar-refractivity contribution is 5.85. The summed E-state index contributed by atoms with van der Waals surface area (Å²) < 4.78 is 5.39. The number of nitrogens with zero attached hydrogens (tertiary/aromatic N) is 1. The molecule has 0 saturated carbocycles. The van der Waals surface area contributed by atoms with Gasteiger partial charge in [0.15, 0.2) is 0 Å². The molecule has 0 aromatic heterocycles. The van der Waals surface area contributed by atoms with Crippen molar-refractivity contribution in [1.29, 1.82) is 0 Å². The van der Waals surface area contributed by atoms with E-state index in [0.29, 0.717) is 5.92 Å². The van der Waals surface area contributed by atoms with Gasteiger partial charge in [0.05, 0.1) is 7.11 Å². The predicted octanol–water partition coefficient (Wildman–Crippen LogP) is 2.31. The van der Waals surface area contributed by atoms with Gasteiger partial charge in [-0.15, -0.1) is 0 Å². The lowest BCUT2D eigenvalue weighted by Gasteiger charge is -2.43. The molecule has 2 atom stereocenters. The number of nitrogens with one attached hydrogen (secondary N) is 1. The molecule has 1 N–H and O–H groups in total. The predicted molar refractivity (Wildman–Crippen MR) is 88.6 cm³/mol. The summed E-state index contributed by atoms with van der Waals surface area (Å²) in [6.45, 7) is 2.48. The number of ether oxygens (including phenoxy) is 1. The number of hydrogen-bond donors (Lipinski definition) is 1. The Kier molecular flexibility index (Phi) is 3.54. The number of amides is 1. The van der Waals surface area contributed by atoms with Crippen LogP contribution in [-0.2, 0) is 4.79 Å². The Labute approximate surface area is 136 Å². The minimum atomic E-state index is -0.200. The van der Waals surface area contributed by atoms with Gasteiger partial charge in [-0.05, 0) is 28.8 Å². The second kappa shape index (κ2) is 5.70. The molecule has 2 aromatic carbocycles. The number of carbonyl (C=O) groups is 1. The van der Waals surface area contributed by atoms with Crippen LogP contribution in [0.5, 0.6) is 5.75 Å². The van der Waals surface area contributed by atoms with E-state index in [4.69, 9.17) is 4.74 Å². The molecule has 4 rings (SSSR count). The van der Waals surface area contributed by atoms with Crippen LogP contribution in [0.3, 0.4) is 0 Å². The minimum Gasteiger partial charge on any atom is -0.497 e. The summed E-state index contributed by atoms with van der Waals surface area (Å²) in [6.07, 6.45) is 0. The molecular weight excluding hydrogens is 288 g/mol. The Hall–Kier alpha value is -2.33. The fourth-order valence-electron chi connectivity index (χ4n) is 3.79. The smallest absolute Gasteiger partial charge is 0.242 e. The van der Waals surface area contributed by atoms with Crippen molar-refractivity contribution >= 4 is 5.91 Å². The van der Waals surface area contributed by atoms with Crippen LogP contribution in [0.25, 0.3) is 0 Å². The van der Waals surface area contributed by atoms with Crippen LogP contribution in [0, 0.1) is 0 Å². The molecule has 4 nitrogen and oxygen atoms in total. The summed E-state index contributed by atoms with van der Waals surface area (Å²) in [5, 5.41) is 2.99. The van der Waals surface area contributed by atoms with E-state index in [1.165, 1.54) is 11.1 Å². The van der Waals surface area contributed by atoms with Gasteiger partial charge >= 0.3 is 0 Å². The van der Waals surface area contributed by atoms with Gasteiger partial charge in [-0.2, -0.15) is 0 Å². The number of rotatable bonds is 2. The zero-order valence-electron chi connectivity index (χ0n) is 13.2. The van der Waals surface area contributed by atoms with E-state index in [0.717, 1.165) is 30.9 Å². The van der Waals surface area contributed by atoms with Gasteiger partial charge in [-0.1, -0.05) is 36.4 Å². The van der Waals surface area contributed by atoms with E-state index in [1.807, 2.05) is 18.2 Å². The van der Waals surface area contributed by atoms with E-state index in [1.54, 1.807) is 7.11 Å². The summed E-state index contributed by atoms with van der Waals surface area (Å²) in [4.78, 5) is 14.7. The van der Waals surface area contributed by atoms with Crippen molar-refractivity contribution in [2.24, 2.45) is 0 Å². The number of methoxy groups -OCH3 is 1. The molecule has 2 aliphatic rings. The number of piperazine rings is 1. The lowest BCUT2D eigenvalue weighted by Crippen LogP contribution is -2.53. The SMILES string of the molecule is COc1ccc2c(c1)[C@@H]1C(=O)NCCN1C[C@H]2c1ccccc1. The quantitative estimate of drug-likeness (QED) is 0.926. The highest BCUT2D eigenvalue weighted by Crippen LogP contribution is 2.41. The van der Waals surface area contributed by atoms with Gasteiger partial charge in [0.1, 0.15) is 11.8 Å². The van der Waals surface area contributed by atoms with Crippen LogP contribution in [0.4, 0.5) is 0 Å². The summed E-state index contributed by atoms with van der Waals surface area (Å²) >= 11 is 0. The average Bonchev–Trinajstić information content (AvgIpc) is 2.61. The summed E-state index contributed by atoms with van der Waals surface area (Å²) in [6, 6.07) is 16.5. The maximum absolute atomic E-state index is 12.4. The first-order valence-electron chi connectivity index (χ1n) is 8.02. The zero-order valence-corrected chi connectivity index (χ0v) is 13.2. The molecule has 0 spiro atoms. The van der Waals surface area contributed by atoms with Gasteiger partial charge in [-0.3, -0.25) is 9.69 Å². The Morgan fingerprint density at radius 2 is 1.96 bits per heavy atom. The molecule has 2 heterocycles. The first-order chi connectivity index (χ1) is 11.3. The summed E-state index contributed by atoms with van der Waals surface area (Å²) in [5.74, 6) is 1.19. The third-order valence-electron chi connectivity index (χ3n) is 4.89. The third kappa shape index (κ3) is 2.39. The number of benzene rings is 2. The number of carbonyl (C=O) groups excluding carboxylic acids is 1. The largest absolute Gasteiger partial charge is 0.497 e. The second-order valence-electron chi connectivity index (χ2n) is 6.15.